The highest BCUT2D eigenvalue weighted by atomic mass is 35.5. The van der Waals surface area contributed by atoms with Crippen LogP contribution in [0.25, 0.3) is 0 Å². The van der Waals surface area contributed by atoms with Gasteiger partial charge in [-0.2, -0.15) is 0 Å². The van der Waals surface area contributed by atoms with Crippen LogP contribution in [0.1, 0.15) is 17.3 Å². The molecule has 0 bridgehead atoms. The molecule has 0 radical (unpaired) electrons. The highest BCUT2D eigenvalue weighted by Gasteiger charge is 2.26. The smallest absolute Gasteiger partial charge is 0.343 e. The SMILES string of the molecule is CCOC(=O)c1c(Cl)ccc([N+](=O)[O-])c1OC. The number of carbonyl (C=O) groups excluding carboxylic acids is 1. The molecule has 0 saturated heterocycles. The van der Waals surface area contributed by atoms with Gasteiger partial charge in [-0.1, -0.05) is 11.6 Å². The molecule has 92 valence electrons. The average molecular weight is 260 g/mol. The number of rotatable bonds is 4. The molecule has 0 fully saturated rings. The summed E-state index contributed by atoms with van der Waals surface area (Å²) in [4.78, 5) is 21.7. The molecular formula is C10H10ClNO5. The molecule has 0 unspecified atom stereocenters. The Hall–Kier alpha value is -1.82. The first-order chi connectivity index (χ1) is 8.02. The zero-order valence-electron chi connectivity index (χ0n) is 9.23. The molecule has 1 rings (SSSR count). The molecular weight excluding hydrogens is 250 g/mol. The van der Waals surface area contributed by atoms with Crippen LogP contribution in [0, 0.1) is 10.1 Å². The first-order valence-electron chi connectivity index (χ1n) is 4.70. The minimum atomic E-state index is -0.752. The first kappa shape index (κ1) is 13.2. The largest absolute Gasteiger partial charge is 0.489 e. The molecule has 0 aliphatic heterocycles. The number of hydrogen-bond acceptors (Lipinski definition) is 5. The van der Waals surface area contributed by atoms with E-state index in [4.69, 9.17) is 21.1 Å². The van der Waals surface area contributed by atoms with Gasteiger partial charge >= 0.3 is 11.7 Å². The Morgan fingerprint density at radius 1 is 1.53 bits per heavy atom. The number of methoxy groups -OCH3 is 1. The Morgan fingerprint density at radius 3 is 2.65 bits per heavy atom. The molecule has 0 N–H and O–H groups in total. The Morgan fingerprint density at radius 2 is 2.18 bits per heavy atom. The monoisotopic (exact) mass is 259 g/mol. The van der Waals surface area contributed by atoms with Gasteiger partial charge in [-0.25, -0.2) is 4.79 Å². The third-order valence-electron chi connectivity index (χ3n) is 1.97. The van der Waals surface area contributed by atoms with Crippen molar-refractivity contribution in [3.63, 3.8) is 0 Å². The predicted octanol–water partition coefficient (Wildman–Crippen LogP) is 2.43. The second-order valence-electron chi connectivity index (χ2n) is 2.95. The van der Waals surface area contributed by atoms with Crippen LogP contribution in [0.3, 0.4) is 0 Å². The molecule has 0 aliphatic carbocycles. The van der Waals surface area contributed by atoms with E-state index < -0.39 is 10.9 Å². The molecule has 0 atom stereocenters. The maximum atomic E-state index is 11.6. The van der Waals surface area contributed by atoms with Crippen molar-refractivity contribution in [1.29, 1.82) is 0 Å². The summed E-state index contributed by atoms with van der Waals surface area (Å²) in [5.74, 6) is -0.945. The predicted molar refractivity (Wildman–Crippen MR) is 60.6 cm³/mol. The second kappa shape index (κ2) is 5.49. The summed E-state index contributed by atoms with van der Waals surface area (Å²) < 4.78 is 9.62. The zero-order valence-corrected chi connectivity index (χ0v) is 9.98. The van der Waals surface area contributed by atoms with Crippen LogP contribution in [0.15, 0.2) is 12.1 Å². The second-order valence-corrected chi connectivity index (χ2v) is 3.36. The molecule has 1 aromatic rings. The summed E-state index contributed by atoms with van der Waals surface area (Å²) in [5, 5.41) is 10.8. The van der Waals surface area contributed by atoms with Crippen molar-refractivity contribution < 1.29 is 19.2 Å². The van der Waals surface area contributed by atoms with Crippen LogP contribution >= 0.6 is 11.6 Å². The van der Waals surface area contributed by atoms with Gasteiger partial charge < -0.3 is 9.47 Å². The fourth-order valence-electron chi connectivity index (χ4n) is 1.29. The molecule has 17 heavy (non-hydrogen) atoms. The number of hydrogen-bond donors (Lipinski definition) is 0. The summed E-state index contributed by atoms with van der Waals surface area (Å²) in [6, 6.07) is 2.43. The molecule has 0 saturated carbocycles. The maximum absolute atomic E-state index is 11.6. The van der Waals surface area contributed by atoms with Crippen LogP contribution in [0.4, 0.5) is 5.69 Å². The summed E-state index contributed by atoms with van der Waals surface area (Å²) in [5.41, 5.74) is -0.467. The van der Waals surface area contributed by atoms with Gasteiger partial charge in [0.05, 0.1) is 23.7 Å². The van der Waals surface area contributed by atoms with Gasteiger partial charge in [0, 0.05) is 6.07 Å². The van der Waals surface area contributed by atoms with Crippen molar-refractivity contribution in [2.45, 2.75) is 6.92 Å². The van der Waals surface area contributed by atoms with Crippen molar-refractivity contribution in [3.05, 3.63) is 32.8 Å². The molecule has 6 nitrogen and oxygen atoms in total. The van der Waals surface area contributed by atoms with Crippen molar-refractivity contribution in [2.75, 3.05) is 13.7 Å². The topological polar surface area (TPSA) is 78.7 Å². The van der Waals surface area contributed by atoms with Gasteiger partial charge in [0.25, 0.3) is 0 Å². The maximum Gasteiger partial charge on any atom is 0.343 e. The number of carbonyl (C=O) groups is 1. The quantitative estimate of drug-likeness (QED) is 0.471. The third-order valence-corrected chi connectivity index (χ3v) is 2.28. The van der Waals surface area contributed by atoms with Crippen LogP contribution < -0.4 is 4.74 Å². The summed E-state index contributed by atoms with van der Waals surface area (Å²) in [7, 11) is 1.22. The number of nitro benzene ring substituents is 1. The Kier molecular flexibility index (Phi) is 4.28. The number of ether oxygens (including phenoxy) is 2. The summed E-state index contributed by atoms with van der Waals surface area (Å²) in [6.45, 7) is 1.76. The van der Waals surface area contributed by atoms with Crippen molar-refractivity contribution in [2.24, 2.45) is 0 Å². The number of nitro groups is 1. The number of benzene rings is 1. The van der Waals surface area contributed by atoms with Crippen LogP contribution in [0.2, 0.25) is 5.02 Å². The lowest BCUT2D eigenvalue weighted by atomic mass is 10.1. The van der Waals surface area contributed by atoms with Crippen molar-refractivity contribution in [1.82, 2.24) is 0 Å². The van der Waals surface area contributed by atoms with Gasteiger partial charge in [0.1, 0.15) is 5.56 Å². The lowest BCUT2D eigenvalue weighted by Crippen LogP contribution is -2.09. The third kappa shape index (κ3) is 2.65. The summed E-state index contributed by atoms with van der Waals surface area (Å²) in [6.07, 6.45) is 0. The first-order valence-corrected chi connectivity index (χ1v) is 5.08. The number of halogens is 1. The van der Waals surface area contributed by atoms with Gasteiger partial charge in [-0.3, -0.25) is 10.1 Å². The van der Waals surface area contributed by atoms with Crippen molar-refractivity contribution >= 4 is 23.3 Å². The molecule has 0 heterocycles. The average Bonchev–Trinajstić information content (AvgIpc) is 2.28. The van der Waals surface area contributed by atoms with E-state index in [-0.39, 0.29) is 28.6 Å². The van der Waals surface area contributed by atoms with E-state index in [1.807, 2.05) is 0 Å². The Bertz CT molecular complexity index is 460. The molecule has 0 aromatic heterocycles. The molecule has 0 spiro atoms. The minimum absolute atomic E-state index is 0.0471. The number of nitrogens with zero attached hydrogens (tertiary/aromatic N) is 1. The van der Waals surface area contributed by atoms with Gasteiger partial charge in [0.15, 0.2) is 0 Å². The highest BCUT2D eigenvalue weighted by Crippen LogP contribution is 2.35. The lowest BCUT2D eigenvalue weighted by molar-refractivity contribution is -0.385. The normalized spacial score (nSPS) is 9.82. The minimum Gasteiger partial charge on any atom is -0.489 e. The number of esters is 1. The van der Waals surface area contributed by atoms with Crippen LogP contribution in [-0.2, 0) is 4.74 Å². The van der Waals surface area contributed by atoms with E-state index >= 15 is 0 Å². The van der Waals surface area contributed by atoms with Crippen molar-refractivity contribution in [3.8, 4) is 5.75 Å². The van der Waals surface area contributed by atoms with E-state index in [2.05, 4.69) is 0 Å². The van der Waals surface area contributed by atoms with E-state index in [1.165, 1.54) is 19.2 Å². The zero-order chi connectivity index (χ0) is 13.0. The fourth-order valence-corrected chi connectivity index (χ4v) is 1.52. The Balaban J connectivity index is 3.40. The standard InChI is InChI=1S/C10H10ClNO5/c1-3-17-10(13)8-6(11)4-5-7(12(14)15)9(8)16-2/h4-5H,3H2,1-2H3. The van der Waals surface area contributed by atoms with E-state index in [9.17, 15) is 14.9 Å². The lowest BCUT2D eigenvalue weighted by Gasteiger charge is -2.09. The van der Waals surface area contributed by atoms with Gasteiger partial charge in [0.2, 0.25) is 5.75 Å². The fraction of sp³-hybridized carbons (Fsp3) is 0.300. The van der Waals surface area contributed by atoms with Gasteiger partial charge in [-0.15, -0.1) is 0 Å². The van der Waals surface area contributed by atoms with E-state index in [1.54, 1.807) is 6.92 Å². The van der Waals surface area contributed by atoms with E-state index in [0.29, 0.717) is 0 Å². The highest BCUT2D eigenvalue weighted by molar-refractivity contribution is 6.34. The van der Waals surface area contributed by atoms with Crippen LogP contribution in [-0.4, -0.2) is 24.6 Å². The molecule has 0 amide bonds. The van der Waals surface area contributed by atoms with Crippen LogP contribution in [0.5, 0.6) is 5.75 Å². The van der Waals surface area contributed by atoms with E-state index in [0.717, 1.165) is 0 Å². The summed E-state index contributed by atoms with van der Waals surface area (Å²) >= 11 is 5.81. The Labute approximate surface area is 102 Å². The molecule has 1 aromatic carbocycles. The molecule has 0 aliphatic rings. The molecule has 7 heteroatoms. The van der Waals surface area contributed by atoms with Gasteiger partial charge in [-0.05, 0) is 13.0 Å².